The molecule has 0 unspecified atom stereocenters. The zero-order chi connectivity index (χ0) is 18.1. The molecule has 0 radical (unpaired) electrons. The highest BCUT2D eigenvalue weighted by molar-refractivity contribution is 6.39. The molecule has 0 saturated heterocycles. The monoisotopic (exact) mass is 340 g/mol. The van der Waals surface area contributed by atoms with Crippen LogP contribution in [0.4, 0.5) is 0 Å². The summed E-state index contributed by atoms with van der Waals surface area (Å²) < 4.78 is 0. The lowest BCUT2D eigenvalue weighted by atomic mass is 10.00. The number of nitrogens with one attached hydrogen (secondary N) is 1. The molecule has 1 aromatic carbocycles. The lowest BCUT2D eigenvalue weighted by Crippen LogP contribution is -2.43. The minimum Gasteiger partial charge on any atom is -0.390 e. The van der Waals surface area contributed by atoms with E-state index in [1.54, 1.807) is 0 Å². The third-order valence-electron chi connectivity index (χ3n) is 3.90. The van der Waals surface area contributed by atoms with Crippen molar-refractivity contribution in [2.45, 2.75) is 19.1 Å². The highest BCUT2D eigenvalue weighted by atomic mass is 16.3. The van der Waals surface area contributed by atoms with Crippen molar-refractivity contribution >= 4 is 18.0 Å². The maximum atomic E-state index is 12.0. The molecule has 0 fully saturated rings. The fourth-order valence-electron chi connectivity index (χ4n) is 2.72. The third-order valence-corrected chi connectivity index (χ3v) is 3.90. The average molecular weight is 340 g/mol. The van der Waals surface area contributed by atoms with Gasteiger partial charge in [0.15, 0.2) is 0 Å². The van der Waals surface area contributed by atoms with Crippen LogP contribution in [0.1, 0.15) is 11.1 Å². The maximum Gasteiger partial charge on any atom is 0.289 e. The predicted octanol–water partition coefficient (Wildman–Crippen LogP) is 1.32. The summed E-state index contributed by atoms with van der Waals surface area (Å²) in [6.07, 6.45) is 4.39. The molecule has 1 aliphatic heterocycles. The van der Waals surface area contributed by atoms with Gasteiger partial charge in [-0.2, -0.15) is 0 Å². The molecular formula is C19H24N4O2. The number of β-amino-alcohol motifs (C(OH)–C–C–N with tert-alkyl or cyclic N) is 1. The second-order valence-corrected chi connectivity index (χ2v) is 5.77. The number of hydrogen-bond acceptors (Lipinski definition) is 4. The summed E-state index contributed by atoms with van der Waals surface area (Å²) in [5.41, 5.74) is 2.66. The number of amidine groups is 1. The summed E-state index contributed by atoms with van der Waals surface area (Å²) in [4.78, 5) is 21.9. The number of aliphatic hydroxyl groups excluding tert-OH is 1. The van der Waals surface area contributed by atoms with Gasteiger partial charge in [0.1, 0.15) is 0 Å². The zero-order valence-corrected chi connectivity index (χ0v) is 14.3. The van der Waals surface area contributed by atoms with Crippen LogP contribution in [-0.4, -0.2) is 53.7 Å². The van der Waals surface area contributed by atoms with Crippen molar-refractivity contribution in [3.63, 3.8) is 0 Å². The van der Waals surface area contributed by atoms with Gasteiger partial charge in [0, 0.05) is 38.6 Å². The molecule has 1 amide bonds. The van der Waals surface area contributed by atoms with Crippen LogP contribution in [0, 0.1) is 0 Å². The molecule has 0 aliphatic carbocycles. The molecule has 6 nitrogen and oxygen atoms in total. The van der Waals surface area contributed by atoms with Gasteiger partial charge in [0.05, 0.1) is 6.10 Å². The van der Waals surface area contributed by atoms with Crippen LogP contribution < -0.4 is 5.32 Å². The van der Waals surface area contributed by atoms with Crippen LogP contribution in [0.15, 0.2) is 59.7 Å². The minimum atomic E-state index is -0.664. The van der Waals surface area contributed by atoms with Crippen molar-refractivity contribution in [1.82, 2.24) is 10.2 Å². The van der Waals surface area contributed by atoms with Crippen LogP contribution in [0.3, 0.4) is 0 Å². The first kappa shape index (κ1) is 18.8. The van der Waals surface area contributed by atoms with E-state index in [0.29, 0.717) is 6.54 Å². The Morgan fingerprint density at radius 3 is 2.84 bits per heavy atom. The molecule has 0 bridgehead atoms. The third kappa shape index (κ3) is 5.77. The molecule has 2 N–H and O–H groups in total. The van der Waals surface area contributed by atoms with Crippen LogP contribution in [-0.2, 0) is 17.8 Å². The highest BCUT2D eigenvalue weighted by Crippen LogP contribution is 2.18. The normalized spacial score (nSPS) is 16.3. The fraction of sp³-hybridized carbons (Fsp3) is 0.316. The van der Waals surface area contributed by atoms with Gasteiger partial charge in [-0.1, -0.05) is 43.5 Å². The number of allylic oxidation sites excluding steroid dienone is 1. The number of amides is 1. The van der Waals surface area contributed by atoms with Gasteiger partial charge in [0.2, 0.25) is 5.84 Å². The van der Waals surface area contributed by atoms with Gasteiger partial charge in [-0.05, 0) is 17.5 Å². The summed E-state index contributed by atoms with van der Waals surface area (Å²) in [7, 11) is 0. The number of rotatable bonds is 6. The number of aliphatic hydroxyl groups is 1. The first-order valence-corrected chi connectivity index (χ1v) is 8.23. The first-order chi connectivity index (χ1) is 12.1. The number of aliphatic imine (C=N–C) groups is 2. The van der Waals surface area contributed by atoms with Crippen molar-refractivity contribution in [3.8, 4) is 0 Å². The van der Waals surface area contributed by atoms with E-state index in [1.807, 2.05) is 6.07 Å². The van der Waals surface area contributed by atoms with E-state index in [9.17, 15) is 9.90 Å². The molecule has 0 saturated carbocycles. The van der Waals surface area contributed by atoms with E-state index in [0.717, 1.165) is 19.5 Å². The molecule has 1 atom stereocenters. The standard InChI is InChI=1S/C19H24N4O2/c1-3-10-21-18(20-4-2)19(25)22-12-17(24)14-23-11-9-15-7-5-6-8-16(15)13-23/h3-8,10,17,24H,1-2,9,11-14H2,(H,22,25)/t17-/m0/s1. The van der Waals surface area contributed by atoms with Crippen molar-refractivity contribution in [2.24, 2.45) is 9.98 Å². The van der Waals surface area contributed by atoms with Crippen molar-refractivity contribution in [2.75, 3.05) is 19.6 Å². The number of carbonyl (C=O) groups excluding carboxylic acids is 1. The SMILES string of the molecule is C=CC=NC(=NC=C)C(=O)NC[C@H](O)CN1CCc2ccccc2C1. The second-order valence-electron chi connectivity index (χ2n) is 5.77. The van der Waals surface area contributed by atoms with Crippen molar-refractivity contribution in [3.05, 3.63) is 60.8 Å². The summed E-state index contributed by atoms with van der Waals surface area (Å²) in [6, 6.07) is 8.35. The fourth-order valence-corrected chi connectivity index (χ4v) is 2.72. The van der Waals surface area contributed by atoms with Crippen molar-refractivity contribution < 1.29 is 9.90 Å². The predicted molar refractivity (Wildman–Crippen MR) is 101 cm³/mol. The molecule has 6 heteroatoms. The number of hydrogen-bond donors (Lipinski definition) is 2. The Morgan fingerprint density at radius 2 is 2.12 bits per heavy atom. The van der Waals surface area contributed by atoms with E-state index < -0.39 is 12.0 Å². The van der Waals surface area contributed by atoms with E-state index in [4.69, 9.17) is 0 Å². The molecule has 0 aromatic heterocycles. The largest absolute Gasteiger partial charge is 0.390 e. The van der Waals surface area contributed by atoms with Gasteiger partial charge in [-0.15, -0.1) is 0 Å². The second kappa shape index (κ2) is 9.66. The van der Waals surface area contributed by atoms with Crippen LogP contribution in [0.5, 0.6) is 0 Å². The lowest BCUT2D eigenvalue weighted by Gasteiger charge is -2.30. The minimum absolute atomic E-state index is 0.0194. The van der Waals surface area contributed by atoms with Crippen LogP contribution >= 0.6 is 0 Å². The number of nitrogens with zero attached hydrogens (tertiary/aromatic N) is 3. The van der Waals surface area contributed by atoms with Gasteiger partial charge < -0.3 is 10.4 Å². The van der Waals surface area contributed by atoms with Gasteiger partial charge in [-0.25, -0.2) is 9.98 Å². The Hall–Kier alpha value is -2.57. The summed E-state index contributed by atoms with van der Waals surface area (Å²) in [5, 5.41) is 12.9. The quantitative estimate of drug-likeness (QED) is 0.606. The number of benzene rings is 1. The van der Waals surface area contributed by atoms with E-state index in [-0.39, 0.29) is 12.4 Å². The van der Waals surface area contributed by atoms with Crippen molar-refractivity contribution in [1.29, 1.82) is 0 Å². The average Bonchev–Trinajstić information content (AvgIpc) is 2.63. The van der Waals surface area contributed by atoms with Crippen LogP contribution in [0.2, 0.25) is 0 Å². The lowest BCUT2D eigenvalue weighted by molar-refractivity contribution is -0.115. The van der Waals surface area contributed by atoms with E-state index in [2.05, 4.69) is 51.6 Å². The molecule has 1 aromatic rings. The molecular weight excluding hydrogens is 316 g/mol. The number of fused-ring (bicyclic) bond motifs is 1. The van der Waals surface area contributed by atoms with E-state index >= 15 is 0 Å². The molecule has 132 valence electrons. The Labute approximate surface area is 148 Å². The maximum absolute atomic E-state index is 12.0. The smallest absolute Gasteiger partial charge is 0.289 e. The molecule has 25 heavy (non-hydrogen) atoms. The summed E-state index contributed by atoms with van der Waals surface area (Å²) in [5.74, 6) is -0.477. The zero-order valence-electron chi connectivity index (χ0n) is 14.3. The molecule has 1 heterocycles. The highest BCUT2D eigenvalue weighted by Gasteiger charge is 2.19. The molecule has 0 spiro atoms. The van der Waals surface area contributed by atoms with Gasteiger partial charge in [0.25, 0.3) is 5.91 Å². The molecule has 2 rings (SSSR count). The number of carbonyl (C=O) groups is 1. The van der Waals surface area contributed by atoms with Crippen LogP contribution in [0.25, 0.3) is 0 Å². The Balaban J connectivity index is 1.82. The topological polar surface area (TPSA) is 77.3 Å². The van der Waals surface area contributed by atoms with Gasteiger partial charge in [-0.3, -0.25) is 9.69 Å². The summed E-state index contributed by atoms with van der Waals surface area (Å²) >= 11 is 0. The Kier molecular flexibility index (Phi) is 7.25. The Bertz CT molecular complexity index is 682. The van der Waals surface area contributed by atoms with E-state index in [1.165, 1.54) is 29.6 Å². The Morgan fingerprint density at radius 1 is 1.36 bits per heavy atom. The summed E-state index contributed by atoms with van der Waals surface area (Å²) in [6.45, 7) is 9.30. The van der Waals surface area contributed by atoms with Gasteiger partial charge >= 0.3 is 0 Å². The first-order valence-electron chi connectivity index (χ1n) is 8.23. The molecule has 1 aliphatic rings.